The molecule has 41 heavy (non-hydrogen) atoms. The number of benzene rings is 4. The highest BCUT2D eigenvalue weighted by Crippen LogP contribution is 2.43. The minimum absolute atomic E-state index is 0.0568. The van der Waals surface area contributed by atoms with E-state index in [1.54, 1.807) is 60.7 Å². The maximum Gasteiger partial charge on any atom is 0.221 e. The number of phenols is 1. The third-order valence-corrected chi connectivity index (χ3v) is 5.81. The average molecular weight is 560 g/mol. The number of ether oxygens (including phenoxy) is 4. The summed E-state index contributed by atoms with van der Waals surface area (Å²) in [6.45, 7) is 1.48. The van der Waals surface area contributed by atoms with Gasteiger partial charge in [0.15, 0.2) is 5.75 Å². The van der Waals surface area contributed by atoms with E-state index in [1.807, 2.05) is 0 Å². The number of hydrogen-bond donors (Lipinski definition) is 3. The minimum atomic E-state index is -0.186. The molecule has 1 amide bonds. The maximum atomic E-state index is 11.3. The number of aromatic hydroxyl groups is 1. The lowest BCUT2D eigenvalue weighted by molar-refractivity contribution is -0.114. The van der Waals surface area contributed by atoms with Gasteiger partial charge in [-0.05, 0) is 41.8 Å². The van der Waals surface area contributed by atoms with Crippen molar-refractivity contribution in [3.63, 3.8) is 0 Å². The van der Waals surface area contributed by atoms with Gasteiger partial charge in [0.1, 0.15) is 52.4 Å². The van der Waals surface area contributed by atoms with Gasteiger partial charge in [0, 0.05) is 36.2 Å². The average Bonchev–Trinajstić information content (AvgIpc) is 2.98. The van der Waals surface area contributed by atoms with Crippen LogP contribution in [0.15, 0.2) is 81.1 Å². The van der Waals surface area contributed by atoms with Gasteiger partial charge in [0.25, 0.3) is 0 Å². The van der Waals surface area contributed by atoms with Crippen LogP contribution in [0.1, 0.15) is 6.92 Å². The lowest BCUT2D eigenvalue weighted by Gasteiger charge is -2.10. The number of methoxy groups -OCH3 is 3. The number of phenolic OH excluding ortho intramolecular Hbond substituents is 1. The summed E-state index contributed by atoms with van der Waals surface area (Å²) in [6.07, 6.45) is 0. The molecule has 12 nitrogen and oxygen atoms in total. The van der Waals surface area contributed by atoms with Crippen molar-refractivity contribution in [1.82, 2.24) is 0 Å². The Hall–Kier alpha value is -5.23. The summed E-state index contributed by atoms with van der Waals surface area (Å²) in [7, 11) is 4.47. The number of aliphatic hydroxyl groups excluding tert-OH is 1. The summed E-state index contributed by atoms with van der Waals surface area (Å²) in [5, 5.41) is 40.9. The van der Waals surface area contributed by atoms with Crippen LogP contribution in [0.3, 0.4) is 0 Å². The molecule has 0 radical (unpaired) electrons. The summed E-state index contributed by atoms with van der Waals surface area (Å²) in [5.41, 5.74) is 2.02. The van der Waals surface area contributed by atoms with Gasteiger partial charge in [0.05, 0.1) is 27.9 Å². The summed E-state index contributed by atoms with van der Waals surface area (Å²) in [5.74, 6) is 1.42. The fourth-order valence-electron chi connectivity index (χ4n) is 3.89. The van der Waals surface area contributed by atoms with E-state index in [4.69, 9.17) is 24.1 Å². The number of carbonyl (C=O) groups is 1. The van der Waals surface area contributed by atoms with Crippen molar-refractivity contribution in [2.75, 3.05) is 39.9 Å². The normalized spacial score (nSPS) is 11.2. The van der Waals surface area contributed by atoms with Gasteiger partial charge in [0.2, 0.25) is 5.91 Å². The van der Waals surface area contributed by atoms with Gasteiger partial charge < -0.3 is 34.5 Å². The molecule has 0 spiro atoms. The fraction of sp³-hybridized carbons (Fsp3) is 0.207. The van der Waals surface area contributed by atoms with Crippen molar-refractivity contribution in [2.45, 2.75) is 6.92 Å². The second kappa shape index (κ2) is 13.2. The third-order valence-electron chi connectivity index (χ3n) is 5.81. The molecule has 212 valence electrons. The molecule has 0 unspecified atom stereocenters. The summed E-state index contributed by atoms with van der Waals surface area (Å²) in [4.78, 5) is 11.3. The number of carbonyl (C=O) groups excluding carboxylic acids is 1. The van der Waals surface area contributed by atoms with Crippen LogP contribution in [0.2, 0.25) is 0 Å². The quantitative estimate of drug-likeness (QED) is 0.172. The summed E-state index contributed by atoms with van der Waals surface area (Å²) in [6, 6.07) is 16.8. The molecule has 0 fully saturated rings. The predicted molar refractivity (Wildman–Crippen MR) is 153 cm³/mol. The van der Waals surface area contributed by atoms with E-state index in [2.05, 4.69) is 25.8 Å². The van der Waals surface area contributed by atoms with Crippen LogP contribution in [0.5, 0.6) is 28.7 Å². The third kappa shape index (κ3) is 6.86. The van der Waals surface area contributed by atoms with Crippen LogP contribution in [-0.2, 0) is 4.79 Å². The van der Waals surface area contributed by atoms with Gasteiger partial charge in [-0.3, -0.25) is 4.79 Å². The first-order valence-corrected chi connectivity index (χ1v) is 12.4. The van der Waals surface area contributed by atoms with E-state index in [9.17, 15) is 9.90 Å². The van der Waals surface area contributed by atoms with E-state index < -0.39 is 0 Å². The highest BCUT2D eigenvalue weighted by molar-refractivity contribution is 5.97. The van der Waals surface area contributed by atoms with E-state index in [1.165, 1.54) is 28.3 Å². The highest BCUT2D eigenvalue weighted by Gasteiger charge is 2.13. The minimum Gasteiger partial charge on any atom is -0.505 e. The second-order valence-corrected chi connectivity index (χ2v) is 8.55. The smallest absolute Gasteiger partial charge is 0.221 e. The Kier molecular flexibility index (Phi) is 9.28. The number of aliphatic hydroxyl groups is 1. The van der Waals surface area contributed by atoms with Gasteiger partial charge in [-0.1, -0.05) is 6.07 Å². The number of anilines is 1. The van der Waals surface area contributed by atoms with Crippen molar-refractivity contribution in [2.24, 2.45) is 20.5 Å². The van der Waals surface area contributed by atoms with E-state index in [-0.39, 0.29) is 30.6 Å². The number of nitrogens with zero attached hydrogens (tertiary/aromatic N) is 4. The lowest BCUT2D eigenvalue weighted by atomic mass is 10.1. The predicted octanol–water partition coefficient (Wildman–Crippen LogP) is 6.73. The van der Waals surface area contributed by atoms with Crippen LogP contribution < -0.4 is 24.3 Å². The van der Waals surface area contributed by atoms with Gasteiger partial charge >= 0.3 is 0 Å². The Morgan fingerprint density at radius 2 is 1.34 bits per heavy atom. The molecule has 0 atom stereocenters. The molecule has 3 N–H and O–H groups in total. The Balaban J connectivity index is 1.62. The molecule has 4 aromatic rings. The molecule has 0 saturated carbocycles. The number of nitrogens with one attached hydrogen (secondary N) is 1. The summed E-state index contributed by atoms with van der Waals surface area (Å²) < 4.78 is 21.8. The number of hydrogen-bond acceptors (Lipinski definition) is 11. The molecule has 0 aliphatic rings. The Labute approximate surface area is 235 Å². The van der Waals surface area contributed by atoms with Gasteiger partial charge in [-0.2, -0.15) is 0 Å². The van der Waals surface area contributed by atoms with Crippen LogP contribution in [0, 0.1) is 0 Å². The standard InChI is InChI=1S/C29H29N5O7/c1-17(36)30-19-6-8-21-18(13-19)5-9-23(29(21)37)32-34-25-16-27(39-3)24(15-28(25)40-4)33-31-22-10-7-20(41-12-11-35)14-26(22)38-2/h5-10,13-16,35,37H,11-12H2,1-4H3,(H,30,36). The number of azo groups is 2. The van der Waals surface area contributed by atoms with Crippen molar-refractivity contribution < 1.29 is 34.0 Å². The largest absolute Gasteiger partial charge is 0.505 e. The van der Waals surface area contributed by atoms with E-state index in [0.29, 0.717) is 51.1 Å². The topological polar surface area (TPSA) is 156 Å². The van der Waals surface area contributed by atoms with Gasteiger partial charge in [-0.25, -0.2) is 0 Å². The summed E-state index contributed by atoms with van der Waals surface area (Å²) >= 11 is 0. The van der Waals surface area contributed by atoms with Crippen LogP contribution in [-0.4, -0.2) is 50.7 Å². The molecule has 4 rings (SSSR count). The first-order valence-electron chi connectivity index (χ1n) is 12.4. The zero-order valence-electron chi connectivity index (χ0n) is 22.9. The zero-order chi connectivity index (χ0) is 29.4. The monoisotopic (exact) mass is 559 g/mol. The molecular formula is C29H29N5O7. The molecule has 0 bridgehead atoms. The molecule has 12 heteroatoms. The Bertz CT molecular complexity index is 1620. The van der Waals surface area contributed by atoms with Crippen LogP contribution in [0.4, 0.5) is 28.4 Å². The number of rotatable bonds is 11. The van der Waals surface area contributed by atoms with Crippen molar-refractivity contribution in [3.8, 4) is 28.7 Å². The zero-order valence-corrected chi connectivity index (χ0v) is 22.9. The van der Waals surface area contributed by atoms with Crippen LogP contribution >= 0.6 is 0 Å². The molecule has 0 aromatic heterocycles. The second-order valence-electron chi connectivity index (χ2n) is 8.55. The van der Waals surface area contributed by atoms with Crippen molar-refractivity contribution >= 4 is 45.1 Å². The highest BCUT2D eigenvalue weighted by atomic mass is 16.5. The lowest BCUT2D eigenvalue weighted by Crippen LogP contribution is -2.05. The first kappa shape index (κ1) is 28.8. The molecule has 0 aliphatic carbocycles. The van der Waals surface area contributed by atoms with E-state index in [0.717, 1.165) is 5.39 Å². The molecule has 4 aromatic carbocycles. The van der Waals surface area contributed by atoms with Gasteiger partial charge in [-0.15, -0.1) is 20.5 Å². The Morgan fingerprint density at radius 3 is 1.95 bits per heavy atom. The van der Waals surface area contributed by atoms with Crippen LogP contribution in [0.25, 0.3) is 10.8 Å². The van der Waals surface area contributed by atoms with E-state index >= 15 is 0 Å². The fourth-order valence-corrected chi connectivity index (χ4v) is 3.89. The number of fused-ring (bicyclic) bond motifs is 1. The molecule has 0 saturated heterocycles. The number of amides is 1. The SMILES string of the molecule is COc1cc(OCCO)ccc1N=Nc1cc(OC)c(N=Nc2ccc3cc(NC(C)=O)ccc3c2O)cc1OC. The maximum absolute atomic E-state index is 11.3. The van der Waals surface area contributed by atoms with Crippen molar-refractivity contribution in [1.29, 1.82) is 0 Å². The molecule has 0 aliphatic heterocycles. The molecule has 0 heterocycles. The molecular weight excluding hydrogens is 530 g/mol. The first-order chi connectivity index (χ1) is 19.9. The van der Waals surface area contributed by atoms with Crippen molar-refractivity contribution in [3.05, 3.63) is 60.7 Å². The Morgan fingerprint density at radius 1 is 0.756 bits per heavy atom.